The zero-order chi connectivity index (χ0) is 21.1. The van der Waals surface area contributed by atoms with E-state index >= 15 is 0 Å². The van der Waals surface area contributed by atoms with Gasteiger partial charge < -0.3 is 14.2 Å². The molecule has 2 aromatic rings. The number of carbonyl (C=O) groups excluding carboxylic acids is 2. The minimum absolute atomic E-state index is 0.228. The lowest BCUT2D eigenvalue weighted by Gasteiger charge is -2.13. The summed E-state index contributed by atoms with van der Waals surface area (Å²) in [5.41, 5.74) is 1.24. The maximum absolute atomic E-state index is 12.3. The molecule has 154 valence electrons. The van der Waals surface area contributed by atoms with Crippen molar-refractivity contribution in [1.82, 2.24) is 0 Å². The summed E-state index contributed by atoms with van der Waals surface area (Å²) in [7, 11) is 0. The molecule has 6 nitrogen and oxygen atoms in total. The topological polar surface area (TPSA) is 74.2 Å². The van der Waals surface area contributed by atoms with Gasteiger partial charge in [0.05, 0.1) is 13.2 Å². The number of carbonyl (C=O) groups is 2. The van der Waals surface area contributed by atoms with E-state index in [0.717, 1.165) is 5.56 Å². The van der Waals surface area contributed by atoms with Crippen molar-refractivity contribution in [2.45, 2.75) is 39.7 Å². The molecule has 2 rings (SSSR count). The SMILES string of the molecule is CCCOC(=O)C(N=C(C)c1cccc(Oc2ccccc2)c1)C(=O)OCCC. The molecular weight excluding hydrogens is 370 g/mol. The molecule has 0 bridgehead atoms. The smallest absolute Gasteiger partial charge is 0.342 e. The van der Waals surface area contributed by atoms with Crippen LogP contribution in [-0.4, -0.2) is 36.9 Å². The number of esters is 2. The zero-order valence-corrected chi connectivity index (χ0v) is 17.1. The Hall–Kier alpha value is -3.15. The molecule has 0 saturated heterocycles. The Labute approximate surface area is 171 Å². The van der Waals surface area contributed by atoms with Crippen molar-refractivity contribution >= 4 is 17.7 Å². The van der Waals surface area contributed by atoms with Crippen LogP contribution in [0.4, 0.5) is 0 Å². The second kappa shape index (κ2) is 11.6. The van der Waals surface area contributed by atoms with Gasteiger partial charge in [-0.1, -0.05) is 44.2 Å². The first-order valence-corrected chi connectivity index (χ1v) is 9.76. The van der Waals surface area contributed by atoms with Crippen LogP contribution < -0.4 is 4.74 Å². The molecule has 0 spiro atoms. The van der Waals surface area contributed by atoms with E-state index < -0.39 is 18.0 Å². The van der Waals surface area contributed by atoms with E-state index in [-0.39, 0.29) is 13.2 Å². The molecule has 2 aromatic carbocycles. The number of ether oxygens (including phenoxy) is 3. The summed E-state index contributed by atoms with van der Waals surface area (Å²) >= 11 is 0. The van der Waals surface area contributed by atoms with E-state index in [1.165, 1.54) is 0 Å². The maximum atomic E-state index is 12.3. The summed E-state index contributed by atoms with van der Waals surface area (Å²) < 4.78 is 16.1. The van der Waals surface area contributed by atoms with Crippen LogP contribution >= 0.6 is 0 Å². The predicted molar refractivity (Wildman–Crippen MR) is 111 cm³/mol. The number of aliphatic imine (C=N–C) groups is 1. The molecule has 0 fully saturated rings. The largest absolute Gasteiger partial charge is 0.464 e. The molecule has 0 radical (unpaired) electrons. The molecule has 0 N–H and O–H groups in total. The van der Waals surface area contributed by atoms with Crippen LogP contribution in [0.1, 0.15) is 39.2 Å². The highest BCUT2D eigenvalue weighted by Crippen LogP contribution is 2.22. The van der Waals surface area contributed by atoms with Crippen LogP contribution in [0.25, 0.3) is 0 Å². The second-order valence-electron chi connectivity index (χ2n) is 6.39. The maximum Gasteiger partial charge on any atom is 0.342 e. The summed E-state index contributed by atoms with van der Waals surface area (Å²) in [6.45, 7) is 5.94. The molecule has 0 aliphatic heterocycles. The predicted octanol–water partition coefficient (Wildman–Crippen LogP) is 4.56. The van der Waals surface area contributed by atoms with Crippen molar-refractivity contribution in [2.24, 2.45) is 4.99 Å². The zero-order valence-electron chi connectivity index (χ0n) is 17.1. The highest BCUT2D eigenvalue weighted by Gasteiger charge is 2.29. The highest BCUT2D eigenvalue weighted by atomic mass is 16.6. The average Bonchev–Trinajstić information content (AvgIpc) is 2.74. The molecule has 0 unspecified atom stereocenters. The minimum Gasteiger partial charge on any atom is -0.464 e. The Balaban J connectivity index is 2.22. The van der Waals surface area contributed by atoms with Gasteiger partial charge in [-0.25, -0.2) is 9.59 Å². The van der Waals surface area contributed by atoms with Crippen molar-refractivity contribution in [3.63, 3.8) is 0 Å². The summed E-state index contributed by atoms with van der Waals surface area (Å²) in [5, 5.41) is 0. The van der Waals surface area contributed by atoms with Gasteiger partial charge in [0.25, 0.3) is 0 Å². The fourth-order valence-electron chi connectivity index (χ4n) is 2.44. The van der Waals surface area contributed by atoms with Crippen LogP contribution in [-0.2, 0) is 19.1 Å². The number of hydrogen-bond acceptors (Lipinski definition) is 6. The summed E-state index contributed by atoms with van der Waals surface area (Å²) in [5.74, 6) is -0.0710. The average molecular weight is 397 g/mol. The Bertz CT molecular complexity index is 812. The van der Waals surface area contributed by atoms with E-state index in [2.05, 4.69) is 4.99 Å². The molecule has 0 aliphatic rings. The van der Waals surface area contributed by atoms with Crippen molar-refractivity contribution < 1.29 is 23.8 Å². The molecule has 29 heavy (non-hydrogen) atoms. The Kier molecular flexibility index (Phi) is 8.89. The van der Waals surface area contributed by atoms with Crippen molar-refractivity contribution in [3.8, 4) is 11.5 Å². The summed E-state index contributed by atoms with van der Waals surface area (Å²) in [6.07, 6.45) is 1.31. The van der Waals surface area contributed by atoms with E-state index in [1.54, 1.807) is 13.0 Å². The molecule has 0 saturated carbocycles. The molecule has 0 atom stereocenters. The molecule has 6 heteroatoms. The fourth-order valence-corrected chi connectivity index (χ4v) is 2.44. The van der Waals surface area contributed by atoms with E-state index in [1.807, 2.05) is 62.4 Å². The number of benzene rings is 2. The van der Waals surface area contributed by atoms with Crippen molar-refractivity contribution in [3.05, 3.63) is 60.2 Å². The highest BCUT2D eigenvalue weighted by molar-refractivity contribution is 6.05. The Morgan fingerprint density at radius 3 is 2.03 bits per heavy atom. The first-order chi connectivity index (χ1) is 14.0. The Morgan fingerprint density at radius 1 is 0.862 bits per heavy atom. The molecule has 0 heterocycles. The Morgan fingerprint density at radius 2 is 1.45 bits per heavy atom. The third-order valence-corrected chi connectivity index (χ3v) is 3.90. The number of para-hydroxylation sites is 1. The van der Waals surface area contributed by atoms with Gasteiger partial charge in [0.2, 0.25) is 6.04 Å². The molecule has 0 aromatic heterocycles. The normalized spacial score (nSPS) is 11.2. The van der Waals surface area contributed by atoms with Crippen LogP contribution in [0, 0.1) is 0 Å². The number of hydrogen-bond donors (Lipinski definition) is 0. The van der Waals surface area contributed by atoms with Crippen molar-refractivity contribution in [1.29, 1.82) is 0 Å². The van der Waals surface area contributed by atoms with Crippen molar-refractivity contribution in [2.75, 3.05) is 13.2 Å². The molecule has 0 aliphatic carbocycles. The van der Waals surface area contributed by atoms with Gasteiger partial charge in [0, 0.05) is 5.71 Å². The molecule has 0 amide bonds. The summed E-state index contributed by atoms with van der Waals surface area (Å²) in [4.78, 5) is 29.0. The summed E-state index contributed by atoms with van der Waals surface area (Å²) in [6, 6.07) is 15.4. The third-order valence-electron chi connectivity index (χ3n) is 3.90. The molecular formula is C23H27NO5. The van der Waals surface area contributed by atoms with Crippen LogP contribution in [0.15, 0.2) is 59.6 Å². The lowest BCUT2D eigenvalue weighted by molar-refractivity contribution is -0.156. The number of rotatable bonds is 10. The van der Waals surface area contributed by atoms with Crippen LogP contribution in [0.2, 0.25) is 0 Å². The van der Waals surface area contributed by atoms with E-state index in [9.17, 15) is 9.59 Å². The van der Waals surface area contributed by atoms with Gasteiger partial charge in [0.15, 0.2) is 0 Å². The third kappa shape index (κ3) is 7.07. The quantitative estimate of drug-likeness (QED) is 0.334. The first-order valence-electron chi connectivity index (χ1n) is 9.76. The van der Waals surface area contributed by atoms with Gasteiger partial charge in [-0.15, -0.1) is 0 Å². The van der Waals surface area contributed by atoms with Crippen LogP contribution in [0.3, 0.4) is 0 Å². The van der Waals surface area contributed by atoms with Gasteiger partial charge in [-0.3, -0.25) is 4.99 Å². The second-order valence-corrected chi connectivity index (χ2v) is 6.39. The minimum atomic E-state index is -1.34. The lowest BCUT2D eigenvalue weighted by atomic mass is 10.1. The van der Waals surface area contributed by atoms with Gasteiger partial charge in [-0.05, 0) is 49.6 Å². The van der Waals surface area contributed by atoms with Gasteiger partial charge in [-0.2, -0.15) is 0 Å². The van der Waals surface area contributed by atoms with E-state index in [4.69, 9.17) is 14.2 Å². The van der Waals surface area contributed by atoms with Gasteiger partial charge >= 0.3 is 11.9 Å². The fraction of sp³-hybridized carbons (Fsp3) is 0.348. The standard InChI is InChI=1S/C23H27NO5/c1-4-14-27-22(25)21(23(26)28-15-5-2)24-17(3)18-10-9-13-20(16-18)29-19-11-7-6-8-12-19/h6-13,16,21H,4-5,14-15H2,1-3H3. The monoisotopic (exact) mass is 397 g/mol. The lowest BCUT2D eigenvalue weighted by Crippen LogP contribution is -2.33. The number of nitrogens with zero attached hydrogens (tertiary/aromatic N) is 1. The van der Waals surface area contributed by atoms with E-state index in [0.29, 0.717) is 30.1 Å². The van der Waals surface area contributed by atoms with Crippen LogP contribution in [0.5, 0.6) is 11.5 Å². The van der Waals surface area contributed by atoms with Gasteiger partial charge in [0.1, 0.15) is 11.5 Å². The first kappa shape index (κ1) is 22.1.